The zero-order valence-electron chi connectivity index (χ0n) is 17.6. The Hall–Kier alpha value is -3.72. The molecule has 1 saturated heterocycles. The van der Waals surface area contributed by atoms with Gasteiger partial charge in [-0.2, -0.15) is 5.10 Å². The first-order valence-electron chi connectivity index (χ1n) is 10.4. The van der Waals surface area contributed by atoms with E-state index < -0.39 is 17.0 Å². The Morgan fingerprint density at radius 2 is 1.85 bits per heavy atom. The number of imide groups is 1. The number of thioether (sulfide) groups is 1. The fourth-order valence-corrected chi connectivity index (χ4v) is 4.15. The minimum absolute atomic E-state index is 0.0525. The van der Waals surface area contributed by atoms with Gasteiger partial charge in [-0.15, -0.1) is 0 Å². The number of hydrogen-bond acceptors (Lipinski definition) is 5. The molecule has 0 bridgehead atoms. The second-order valence-corrected chi connectivity index (χ2v) is 8.33. The number of rotatable bonds is 8. The highest BCUT2D eigenvalue weighted by Gasteiger charge is 2.34. The third-order valence-electron chi connectivity index (χ3n) is 5.02. The lowest BCUT2D eigenvalue weighted by Crippen LogP contribution is -2.37. The molecule has 7 nitrogen and oxygen atoms in total. The van der Waals surface area contributed by atoms with Gasteiger partial charge in [0.1, 0.15) is 5.82 Å². The molecule has 4 rings (SSSR count). The number of nitrogens with zero attached hydrogens (tertiary/aromatic N) is 3. The SMILES string of the molecule is O=C(CCc1cnn(-c2ccccc2)c1)NCCN1C(=O)S/C(=C\c2ccccc2F)C1=O. The standard InChI is InChI=1S/C24H21FN4O3S/c25-20-9-5-4-6-18(20)14-21-23(31)28(24(32)33-21)13-12-26-22(30)11-10-17-15-27-29(16-17)19-7-2-1-3-8-19/h1-9,14-16H,10-13H2,(H,26,30)/b21-14-. The zero-order valence-corrected chi connectivity index (χ0v) is 18.4. The van der Waals surface area contributed by atoms with Crippen LogP contribution in [0.15, 0.2) is 71.9 Å². The molecule has 0 radical (unpaired) electrons. The quantitative estimate of drug-likeness (QED) is 0.513. The van der Waals surface area contributed by atoms with E-state index in [2.05, 4.69) is 10.4 Å². The monoisotopic (exact) mass is 464 g/mol. The molecule has 168 valence electrons. The van der Waals surface area contributed by atoms with Crippen molar-refractivity contribution in [2.45, 2.75) is 12.8 Å². The lowest BCUT2D eigenvalue weighted by atomic mass is 10.2. The first-order valence-corrected chi connectivity index (χ1v) is 11.2. The summed E-state index contributed by atoms with van der Waals surface area (Å²) in [6, 6.07) is 15.7. The second kappa shape index (κ2) is 10.3. The molecule has 0 aliphatic carbocycles. The van der Waals surface area contributed by atoms with E-state index in [1.54, 1.807) is 23.0 Å². The van der Waals surface area contributed by atoms with E-state index in [9.17, 15) is 18.8 Å². The lowest BCUT2D eigenvalue weighted by molar-refractivity contribution is -0.124. The van der Waals surface area contributed by atoms with E-state index in [0.29, 0.717) is 6.42 Å². The molecule has 0 unspecified atom stereocenters. The Kier molecular flexibility index (Phi) is 6.99. The van der Waals surface area contributed by atoms with E-state index in [0.717, 1.165) is 27.9 Å². The summed E-state index contributed by atoms with van der Waals surface area (Å²) in [5.41, 5.74) is 2.11. The topological polar surface area (TPSA) is 84.3 Å². The predicted molar refractivity (Wildman–Crippen MR) is 124 cm³/mol. The number of halogens is 1. The van der Waals surface area contributed by atoms with Gasteiger partial charge in [0.05, 0.1) is 16.8 Å². The Morgan fingerprint density at radius 1 is 1.09 bits per heavy atom. The van der Waals surface area contributed by atoms with Crippen LogP contribution < -0.4 is 5.32 Å². The van der Waals surface area contributed by atoms with Crippen LogP contribution in [0.2, 0.25) is 0 Å². The number of carbonyl (C=O) groups is 3. The summed E-state index contributed by atoms with van der Waals surface area (Å²) in [5, 5.41) is 6.60. The number of amides is 3. The second-order valence-electron chi connectivity index (χ2n) is 7.33. The van der Waals surface area contributed by atoms with Gasteiger partial charge in [0.15, 0.2) is 0 Å². The van der Waals surface area contributed by atoms with Gasteiger partial charge in [-0.3, -0.25) is 19.3 Å². The van der Waals surface area contributed by atoms with Gasteiger partial charge in [-0.1, -0.05) is 36.4 Å². The van der Waals surface area contributed by atoms with Crippen molar-refractivity contribution in [3.63, 3.8) is 0 Å². The van der Waals surface area contributed by atoms with E-state index in [4.69, 9.17) is 0 Å². The van der Waals surface area contributed by atoms with Crippen molar-refractivity contribution in [1.82, 2.24) is 20.0 Å². The summed E-state index contributed by atoms with van der Waals surface area (Å²) in [4.78, 5) is 38.1. The summed E-state index contributed by atoms with van der Waals surface area (Å²) in [6.45, 7) is 0.198. The minimum Gasteiger partial charge on any atom is -0.354 e. The lowest BCUT2D eigenvalue weighted by Gasteiger charge is -2.12. The maximum absolute atomic E-state index is 13.8. The summed E-state index contributed by atoms with van der Waals surface area (Å²) >= 11 is 0.762. The number of para-hydroxylation sites is 1. The third kappa shape index (κ3) is 5.56. The maximum atomic E-state index is 13.8. The molecule has 9 heteroatoms. The van der Waals surface area contributed by atoms with Crippen molar-refractivity contribution < 1.29 is 18.8 Å². The predicted octanol–water partition coefficient (Wildman–Crippen LogP) is 3.80. The van der Waals surface area contributed by atoms with E-state index in [1.165, 1.54) is 18.2 Å². The molecule has 3 amide bonds. The molecular formula is C24H21FN4O3S. The van der Waals surface area contributed by atoms with Crippen molar-refractivity contribution in [1.29, 1.82) is 0 Å². The molecular weight excluding hydrogens is 443 g/mol. The highest BCUT2D eigenvalue weighted by Crippen LogP contribution is 2.32. The van der Waals surface area contributed by atoms with Gasteiger partial charge in [-0.25, -0.2) is 9.07 Å². The van der Waals surface area contributed by atoms with Crippen LogP contribution in [0, 0.1) is 5.82 Å². The highest BCUT2D eigenvalue weighted by molar-refractivity contribution is 8.18. The van der Waals surface area contributed by atoms with Crippen molar-refractivity contribution in [3.8, 4) is 5.69 Å². The van der Waals surface area contributed by atoms with Crippen LogP contribution in [-0.4, -0.2) is 44.8 Å². The van der Waals surface area contributed by atoms with Crippen LogP contribution in [0.4, 0.5) is 9.18 Å². The van der Waals surface area contributed by atoms with Crippen LogP contribution in [0.5, 0.6) is 0 Å². The number of benzene rings is 2. The van der Waals surface area contributed by atoms with Crippen molar-refractivity contribution in [2.75, 3.05) is 13.1 Å². The molecule has 33 heavy (non-hydrogen) atoms. The summed E-state index contributed by atoms with van der Waals surface area (Å²) < 4.78 is 15.6. The van der Waals surface area contributed by atoms with Gasteiger partial charge < -0.3 is 5.32 Å². The van der Waals surface area contributed by atoms with Crippen LogP contribution in [0.1, 0.15) is 17.5 Å². The van der Waals surface area contributed by atoms with Gasteiger partial charge in [0, 0.05) is 31.3 Å². The Labute approximate surface area is 194 Å². The average molecular weight is 465 g/mol. The van der Waals surface area contributed by atoms with Gasteiger partial charge in [0.2, 0.25) is 5.91 Å². The maximum Gasteiger partial charge on any atom is 0.293 e. The summed E-state index contributed by atoms with van der Waals surface area (Å²) in [7, 11) is 0. The van der Waals surface area contributed by atoms with Crippen LogP contribution in [0.25, 0.3) is 11.8 Å². The molecule has 1 aromatic heterocycles. The first-order chi connectivity index (χ1) is 16.0. The van der Waals surface area contributed by atoms with Gasteiger partial charge >= 0.3 is 0 Å². The molecule has 0 spiro atoms. The van der Waals surface area contributed by atoms with Crippen molar-refractivity contribution in [3.05, 3.63) is 88.8 Å². The van der Waals surface area contributed by atoms with E-state index in [1.807, 2.05) is 36.5 Å². The smallest absolute Gasteiger partial charge is 0.293 e. The minimum atomic E-state index is -0.490. The van der Waals surface area contributed by atoms with Crippen molar-refractivity contribution in [2.24, 2.45) is 0 Å². The Bertz CT molecular complexity index is 1210. The average Bonchev–Trinajstić information content (AvgIpc) is 3.40. The van der Waals surface area contributed by atoms with Crippen LogP contribution in [-0.2, 0) is 16.0 Å². The fraction of sp³-hybridized carbons (Fsp3) is 0.167. The van der Waals surface area contributed by atoms with Crippen molar-refractivity contribution >= 4 is 34.9 Å². The largest absolute Gasteiger partial charge is 0.354 e. The molecule has 2 aromatic carbocycles. The van der Waals surface area contributed by atoms with Gasteiger partial charge in [-0.05, 0) is 48.0 Å². The molecule has 0 saturated carbocycles. The molecule has 1 N–H and O–H groups in total. The number of hydrogen-bond donors (Lipinski definition) is 1. The molecule has 3 aromatic rings. The number of nitrogens with one attached hydrogen (secondary N) is 1. The molecule has 1 aliphatic heterocycles. The molecule has 1 aliphatic rings. The summed E-state index contributed by atoms with van der Waals surface area (Å²) in [6.07, 6.45) is 5.75. The van der Waals surface area contributed by atoms with Crippen LogP contribution in [0.3, 0.4) is 0 Å². The summed E-state index contributed by atoms with van der Waals surface area (Å²) in [5.74, 6) is -1.14. The fourth-order valence-electron chi connectivity index (χ4n) is 3.29. The number of aryl methyl sites for hydroxylation is 1. The third-order valence-corrected chi connectivity index (χ3v) is 5.93. The molecule has 2 heterocycles. The first kappa shape index (κ1) is 22.5. The van der Waals surface area contributed by atoms with E-state index >= 15 is 0 Å². The van der Waals surface area contributed by atoms with Crippen LogP contribution >= 0.6 is 11.8 Å². The van der Waals surface area contributed by atoms with Gasteiger partial charge in [0.25, 0.3) is 11.1 Å². The number of aromatic nitrogens is 2. The Morgan fingerprint density at radius 3 is 2.64 bits per heavy atom. The highest BCUT2D eigenvalue weighted by atomic mass is 32.2. The normalized spacial score (nSPS) is 14.8. The molecule has 0 atom stereocenters. The zero-order chi connectivity index (χ0) is 23.2. The van der Waals surface area contributed by atoms with E-state index in [-0.39, 0.29) is 35.9 Å². The Balaban J connectivity index is 1.24. The number of carbonyl (C=O) groups excluding carboxylic acids is 3. The molecule has 1 fully saturated rings.